The number of hydrogen-bond donors (Lipinski definition) is 1. The average molecular weight is 443 g/mol. The molecule has 4 aromatic rings. The topological polar surface area (TPSA) is 99.5 Å². The van der Waals surface area contributed by atoms with Crippen molar-refractivity contribution in [3.8, 4) is 11.4 Å². The Bertz CT molecular complexity index is 1360. The number of anilines is 1. The first-order valence-corrected chi connectivity index (χ1v) is 10.3. The molecule has 0 aliphatic carbocycles. The summed E-state index contributed by atoms with van der Waals surface area (Å²) in [4.78, 5) is 37.6. The summed E-state index contributed by atoms with van der Waals surface area (Å²) in [5.41, 5.74) is 0.398. The number of benzene rings is 3. The highest BCUT2D eigenvalue weighted by Crippen LogP contribution is 2.23. The number of rotatable bonds is 7. The van der Waals surface area contributed by atoms with Crippen LogP contribution in [-0.2, 0) is 9.53 Å². The highest BCUT2D eigenvalue weighted by atomic mass is 16.5. The van der Waals surface area contributed by atoms with Gasteiger partial charge in [-0.3, -0.25) is 9.59 Å². The normalized spacial score (nSPS) is 10.6. The minimum absolute atomic E-state index is 0.117. The predicted molar refractivity (Wildman–Crippen MR) is 124 cm³/mol. The molecule has 0 spiro atoms. The Morgan fingerprint density at radius 3 is 2.48 bits per heavy atom. The second kappa shape index (κ2) is 9.78. The van der Waals surface area contributed by atoms with Crippen molar-refractivity contribution in [1.29, 1.82) is 0 Å². The quantitative estimate of drug-likeness (QED) is 0.438. The van der Waals surface area contributed by atoms with Crippen LogP contribution in [-0.4, -0.2) is 34.9 Å². The van der Waals surface area contributed by atoms with E-state index in [-0.39, 0.29) is 18.1 Å². The maximum absolute atomic E-state index is 12.6. The van der Waals surface area contributed by atoms with Gasteiger partial charge in [-0.05, 0) is 30.5 Å². The van der Waals surface area contributed by atoms with E-state index in [1.807, 2.05) is 36.4 Å². The van der Waals surface area contributed by atoms with Gasteiger partial charge in [0.25, 0.3) is 11.5 Å². The number of carbonyl (C=O) groups excluding carboxylic acids is 2. The van der Waals surface area contributed by atoms with Crippen LogP contribution in [0.5, 0.6) is 5.75 Å². The molecule has 0 radical (unpaired) electrons. The van der Waals surface area contributed by atoms with Gasteiger partial charge < -0.3 is 14.8 Å². The Kier molecular flexibility index (Phi) is 6.45. The molecule has 166 valence electrons. The van der Waals surface area contributed by atoms with Crippen molar-refractivity contribution in [3.63, 3.8) is 0 Å². The van der Waals surface area contributed by atoms with Gasteiger partial charge in [0.15, 0.2) is 12.4 Å². The monoisotopic (exact) mass is 443 g/mol. The van der Waals surface area contributed by atoms with E-state index in [0.717, 1.165) is 21.5 Å². The highest BCUT2D eigenvalue weighted by molar-refractivity contribution is 6.02. The standard InChI is InChI=1S/C25H21N3O5/c1-2-32-25(31)24-21(15-23(30)28(27-24)18-11-4-3-5-12-18)33-16-22(29)26-20-14-8-10-17-9-6-7-13-19(17)20/h3-15H,2,16H2,1H3,(H,26,29). The van der Waals surface area contributed by atoms with Gasteiger partial charge >= 0.3 is 5.97 Å². The smallest absolute Gasteiger partial charge is 0.362 e. The summed E-state index contributed by atoms with van der Waals surface area (Å²) in [6.45, 7) is 1.35. The van der Waals surface area contributed by atoms with Crippen molar-refractivity contribution < 1.29 is 19.1 Å². The minimum atomic E-state index is -0.758. The largest absolute Gasteiger partial charge is 0.481 e. The molecule has 1 N–H and O–H groups in total. The third kappa shape index (κ3) is 4.90. The van der Waals surface area contributed by atoms with Crippen LogP contribution in [0.1, 0.15) is 17.4 Å². The fourth-order valence-corrected chi connectivity index (χ4v) is 3.31. The minimum Gasteiger partial charge on any atom is -0.481 e. The SMILES string of the molecule is CCOC(=O)c1nn(-c2ccccc2)c(=O)cc1OCC(=O)Nc1cccc2ccccc12. The van der Waals surface area contributed by atoms with Crippen molar-refractivity contribution in [2.75, 3.05) is 18.5 Å². The second-order valence-electron chi connectivity index (χ2n) is 7.03. The van der Waals surface area contributed by atoms with Gasteiger partial charge in [-0.25, -0.2) is 4.79 Å². The van der Waals surface area contributed by atoms with Crippen molar-refractivity contribution >= 4 is 28.3 Å². The predicted octanol–water partition coefficient (Wildman–Crippen LogP) is 3.58. The first-order chi connectivity index (χ1) is 16.1. The Balaban J connectivity index is 1.57. The Hall–Kier alpha value is -4.46. The first kappa shape index (κ1) is 21.8. The molecule has 3 aromatic carbocycles. The maximum Gasteiger partial charge on any atom is 0.362 e. The van der Waals surface area contributed by atoms with Crippen LogP contribution in [0.3, 0.4) is 0 Å². The number of nitrogens with one attached hydrogen (secondary N) is 1. The van der Waals surface area contributed by atoms with E-state index in [0.29, 0.717) is 11.4 Å². The zero-order valence-corrected chi connectivity index (χ0v) is 17.9. The Morgan fingerprint density at radius 2 is 1.70 bits per heavy atom. The van der Waals surface area contributed by atoms with Crippen LogP contribution >= 0.6 is 0 Å². The number of para-hydroxylation sites is 1. The van der Waals surface area contributed by atoms with Crippen molar-refractivity contribution in [2.45, 2.75) is 6.92 Å². The molecule has 0 unspecified atom stereocenters. The van der Waals surface area contributed by atoms with Gasteiger partial charge in [0.1, 0.15) is 0 Å². The molecule has 8 nitrogen and oxygen atoms in total. The van der Waals surface area contributed by atoms with Gasteiger partial charge in [-0.1, -0.05) is 54.6 Å². The lowest BCUT2D eigenvalue weighted by Crippen LogP contribution is -2.27. The number of ether oxygens (including phenoxy) is 2. The maximum atomic E-state index is 12.6. The highest BCUT2D eigenvalue weighted by Gasteiger charge is 2.20. The van der Waals surface area contributed by atoms with E-state index in [9.17, 15) is 14.4 Å². The summed E-state index contributed by atoms with van der Waals surface area (Å²) >= 11 is 0. The molecule has 0 saturated heterocycles. The van der Waals surface area contributed by atoms with Crippen molar-refractivity contribution in [1.82, 2.24) is 9.78 Å². The van der Waals surface area contributed by atoms with E-state index in [1.165, 1.54) is 0 Å². The van der Waals surface area contributed by atoms with Gasteiger partial charge in [0.05, 0.1) is 18.4 Å². The Morgan fingerprint density at radius 1 is 0.970 bits per heavy atom. The molecular formula is C25H21N3O5. The Labute approximate surface area is 189 Å². The molecule has 1 heterocycles. The first-order valence-electron chi connectivity index (χ1n) is 10.3. The fourth-order valence-electron chi connectivity index (χ4n) is 3.31. The van der Waals surface area contributed by atoms with Crippen LogP contribution in [0, 0.1) is 0 Å². The van der Waals surface area contributed by atoms with E-state index >= 15 is 0 Å². The van der Waals surface area contributed by atoms with E-state index in [4.69, 9.17) is 9.47 Å². The molecule has 33 heavy (non-hydrogen) atoms. The fraction of sp³-hybridized carbons (Fsp3) is 0.120. The lowest BCUT2D eigenvalue weighted by molar-refractivity contribution is -0.118. The molecule has 4 rings (SSSR count). The molecule has 1 amide bonds. The third-order valence-electron chi connectivity index (χ3n) is 4.79. The van der Waals surface area contributed by atoms with Gasteiger partial charge in [-0.15, -0.1) is 0 Å². The summed E-state index contributed by atoms with van der Waals surface area (Å²) in [5.74, 6) is -1.33. The van der Waals surface area contributed by atoms with Gasteiger partial charge in [-0.2, -0.15) is 9.78 Å². The third-order valence-corrected chi connectivity index (χ3v) is 4.79. The lowest BCUT2D eigenvalue weighted by Gasteiger charge is -2.13. The zero-order chi connectivity index (χ0) is 23.2. The van der Waals surface area contributed by atoms with Crippen LogP contribution in [0.4, 0.5) is 5.69 Å². The van der Waals surface area contributed by atoms with Crippen LogP contribution < -0.4 is 15.6 Å². The summed E-state index contributed by atoms with van der Waals surface area (Å²) < 4.78 is 11.7. The number of amides is 1. The number of esters is 1. The van der Waals surface area contributed by atoms with Crippen molar-refractivity contribution in [3.05, 3.63) is 94.9 Å². The molecule has 0 aliphatic rings. The molecule has 0 bridgehead atoms. The summed E-state index contributed by atoms with van der Waals surface area (Å²) in [7, 11) is 0. The summed E-state index contributed by atoms with van der Waals surface area (Å²) in [6, 6.07) is 23.0. The zero-order valence-electron chi connectivity index (χ0n) is 17.9. The molecule has 0 saturated carbocycles. The number of aromatic nitrogens is 2. The molecule has 0 aliphatic heterocycles. The van der Waals surface area contributed by atoms with Crippen LogP contribution in [0.25, 0.3) is 16.5 Å². The van der Waals surface area contributed by atoms with E-state index in [1.54, 1.807) is 43.3 Å². The molecule has 8 heteroatoms. The van der Waals surface area contributed by atoms with Gasteiger partial charge in [0.2, 0.25) is 5.69 Å². The second-order valence-corrected chi connectivity index (χ2v) is 7.03. The van der Waals surface area contributed by atoms with Gasteiger partial charge in [0, 0.05) is 11.1 Å². The summed E-state index contributed by atoms with van der Waals surface area (Å²) in [5, 5.41) is 8.80. The average Bonchev–Trinajstić information content (AvgIpc) is 2.83. The van der Waals surface area contributed by atoms with E-state index in [2.05, 4.69) is 10.4 Å². The molecule has 0 atom stereocenters. The van der Waals surface area contributed by atoms with E-state index < -0.39 is 24.0 Å². The number of nitrogens with zero attached hydrogens (tertiary/aromatic N) is 2. The van der Waals surface area contributed by atoms with Crippen molar-refractivity contribution in [2.24, 2.45) is 0 Å². The lowest BCUT2D eigenvalue weighted by atomic mass is 10.1. The molecule has 1 aromatic heterocycles. The number of fused-ring (bicyclic) bond motifs is 1. The number of carbonyl (C=O) groups is 2. The molecular weight excluding hydrogens is 422 g/mol. The van der Waals surface area contributed by atoms with Crippen LogP contribution in [0.15, 0.2) is 83.7 Å². The summed E-state index contributed by atoms with van der Waals surface area (Å²) in [6.07, 6.45) is 0. The number of hydrogen-bond acceptors (Lipinski definition) is 6. The molecule has 0 fully saturated rings. The van der Waals surface area contributed by atoms with Crippen LogP contribution in [0.2, 0.25) is 0 Å².